The molecule has 0 aliphatic rings. The Balaban J connectivity index is 2.16. The third-order valence-electron chi connectivity index (χ3n) is 10.4. The van der Waals surface area contributed by atoms with Crippen molar-refractivity contribution in [1.82, 2.24) is 31.9 Å². The van der Waals surface area contributed by atoms with Crippen LogP contribution in [0.15, 0.2) is 60.7 Å². The minimum atomic E-state index is -1.47. The van der Waals surface area contributed by atoms with Crippen LogP contribution in [0.4, 0.5) is 0 Å². The Labute approximate surface area is 377 Å². The smallest absolute Gasteiger partial charge is 0.326 e. The zero-order valence-electron chi connectivity index (χ0n) is 37.0. The van der Waals surface area contributed by atoms with Gasteiger partial charge in [0.1, 0.15) is 24.2 Å². The SMILES string of the molecule is CC(C)[C@H](NC(=O)[C@@H](N)CCC(=O)O)C(=O)N[C@H](CN[C@@H](Cc1ccccc1)[C@@H](O)C[C@@H](C)C(=O)N[C@@H](C)C(=O)N[C@@H](CCC(=O)O)C(=O)N[C@@H](Cc1ccccc1)C(=O)O)CC(N)=O. The number of hydrogen-bond acceptors (Lipinski definition) is 12. The van der Waals surface area contributed by atoms with Crippen LogP contribution in [0.3, 0.4) is 0 Å². The van der Waals surface area contributed by atoms with Crippen molar-refractivity contribution in [2.24, 2.45) is 23.3 Å². The lowest BCUT2D eigenvalue weighted by Gasteiger charge is -2.30. The third-order valence-corrected chi connectivity index (χ3v) is 10.4. The van der Waals surface area contributed by atoms with Gasteiger partial charge in [-0.2, -0.15) is 0 Å². The fourth-order valence-electron chi connectivity index (χ4n) is 6.63. The van der Waals surface area contributed by atoms with Crippen LogP contribution in [0, 0.1) is 11.8 Å². The Morgan fingerprint density at radius 3 is 1.68 bits per heavy atom. The number of amides is 6. The minimum Gasteiger partial charge on any atom is -0.481 e. The summed E-state index contributed by atoms with van der Waals surface area (Å²) in [6.07, 6.45) is -3.02. The van der Waals surface area contributed by atoms with Crippen molar-refractivity contribution in [1.29, 1.82) is 0 Å². The second-order valence-electron chi connectivity index (χ2n) is 16.4. The topological polar surface area (TPSA) is 359 Å². The molecule has 2 rings (SSSR count). The number of primary amides is 1. The highest BCUT2D eigenvalue weighted by Crippen LogP contribution is 2.15. The van der Waals surface area contributed by atoms with Crippen molar-refractivity contribution in [3.8, 4) is 0 Å². The number of hydrogen-bond donors (Lipinski definition) is 12. The molecule has 0 saturated carbocycles. The standard InChI is InChI=1S/C44H64N8O13/c1-24(2)38(52-41(61)30(45)15-17-36(55)56)43(63)49-29(22-35(46)54)23-47-32(20-27-11-7-5-8-12-27)34(53)19-25(3)39(59)48-26(4)40(60)50-31(16-18-37(57)58)42(62)51-33(44(64)65)21-28-13-9-6-10-14-28/h5-14,24-26,29-34,38,47,53H,15-23,45H2,1-4H3,(H2,46,54)(H,48,59)(H,49,63)(H,50,60)(H,51,62)(H,52,61)(H,55,56)(H,57,58)(H,64,65)/t25-,26+,29+,30+,31+,32+,33+,34+,38+/m1/s1. The Morgan fingerprint density at radius 2 is 1.15 bits per heavy atom. The number of aliphatic carboxylic acids is 3. The number of aliphatic hydroxyl groups is 1. The monoisotopic (exact) mass is 912 g/mol. The second-order valence-corrected chi connectivity index (χ2v) is 16.4. The Kier molecular flexibility index (Phi) is 23.3. The lowest BCUT2D eigenvalue weighted by molar-refractivity contribution is -0.143. The molecule has 358 valence electrons. The molecular weight excluding hydrogens is 849 g/mol. The molecule has 21 heteroatoms. The maximum atomic E-state index is 13.5. The van der Waals surface area contributed by atoms with E-state index in [1.165, 1.54) is 13.8 Å². The summed E-state index contributed by atoms with van der Waals surface area (Å²) in [5, 5.41) is 55.3. The number of nitrogens with one attached hydrogen (secondary N) is 6. The van der Waals surface area contributed by atoms with Gasteiger partial charge in [-0.1, -0.05) is 81.4 Å². The normalized spacial score (nSPS) is 15.3. The highest BCUT2D eigenvalue weighted by Gasteiger charge is 2.32. The van der Waals surface area contributed by atoms with Crippen molar-refractivity contribution in [3.63, 3.8) is 0 Å². The molecular formula is C44H64N8O13. The van der Waals surface area contributed by atoms with Gasteiger partial charge >= 0.3 is 17.9 Å². The maximum Gasteiger partial charge on any atom is 0.326 e. The molecule has 0 bridgehead atoms. The van der Waals surface area contributed by atoms with E-state index in [2.05, 4.69) is 31.9 Å². The largest absolute Gasteiger partial charge is 0.481 e. The summed E-state index contributed by atoms with van der Waals surface area (Å²) in [6.45, 7) is 6.06. The summed E-state index contributed by atoms with van der Waals surface area (Å²) >= 11 is 0. The van der Waals surface area contributed by atoms with Gasteiger partial charge in [-0.3, -0.25) is 38.4 Å². The second kappa shape index (κ2) is 27.7. The molecule has 21 nitrogen and oxygen atoms in total. The van der Waals surface area contributed by atoms with Crippen LogP contribution in [0.2, 0.25) is 0 Å². The Morgan fingerprint density at radius 1 is 0.615 bits per heavy atom. The Hall–Kier alpha value is -6.45. The lowest BCUT2D eigenvalue weighted by Crippen LogP contribution is -2.57. The average Bonchev–Trinajstić information content (AvgIpc) is 3.24. The quantitative estimate of drug-likeness (QED) is 0.0444. The molecule has 0 fully saturated rings. The summed E-state index contributed by atoms with van der Waals surface area (Å²) in [5.74, 6) is -9.76. The van der Waals surface area contributed by atoms with E-state index in [0.29, 0.717) is 5.56 Å². The molecule has 0 unspecified atom stereocenters. The van der Waals surface area contributed by atoms with Gasteiger partial charge in [0.05, 0.1) is 18.2 Å². The predicted molar refractivity (Wildman–Crippen MR) is 235 cm³/mol. The minimum absolute atomic E-state index is 0.0839. The van der Waals surface area contributed by atoms with Crippen molar-refractivity contribution in [2.45, 2.75) is 127 Å². The zero-order chi connectivity index (χ0) is 48.8. The molecule has 0 saturated heterocycles. The molecule has 2 aromatic rings. The number of carbonyl (C=O) groups is 9. The van der Waals surface area contributed by atoms with Crippen LogP contribution in [0.25, 0.3) is 0 Å². The van der Waals surface area contributed by atoms with Crippen LogP contribution in [-0.4, -0.2) is 129 Å². The van der Waals surface area contributed by atoms with Crippen LogP contribution in [-0.2, 0) is 56.0 Å². The number of aliphatic hydroxyl groups excluding tert-OH is 1. The van der Waals surface area contributed by atoms with Gasteiger partial charge in [0.25, 0.3) is 0 Å². The molecule has 0 heterocycles. The number of carbonyl (C=O) groups excluding carboxylic acids is 6. The number of rotatable bonds is 30. The molecule has 6 amide bonds. The van der Waals surface area contributed by atoms with E-state index in [1.807, 2.05) is 12.1 Å². The van der Waals surface area contributed by atoms with E-state index in [-0.39, 0.29) is 51.5 Å². The van der Waals surface area contributed by atoms with E-state index >= 15 is 0 Å². The molecule has 2 aromatic carbocycles. The summed E-state index contributed by atoms with van der Waals surface area (Å²) in [6, 6.07) is 9.31. The summed E-state index contributed by atoms with van der Waals surface area (Å²) in [7, 11) is 0. The van der Waals surface area contributed by atoms with Gasteiger partial charge in [0.15, 0.2) is 0 Å². The zero-order valence-corrected chi connectivity index (χ0v) is 37.0. The van der Waals surface area contributed by atoms with Crippen molar-refractivity contribution in [2.75, 3.05) is 6.54 Å². The first kappa shape index (κ1) is 54.7. The van der Waals surface area contributed by atoms with E-state index in [9.17, 15) is 58.5 Å². The third kappa shape index (κ3) is 20.7. The highest BCUT2D eigenvalue weighted by atomic mass is 16.4. The van der Waals surface area contributed by atoms with Gasteiger partial charge in [-0.05, 0) is 49.7 Å². The maximum absolute atomic E-state index is 13.5. The van der Waals surface area contributed by atoms with Gasteiger partial charge in [-0.15, -0.1) is 0 Å². The van der Waals surface area contributed by atoms with Crippen LogP contribution < -0.4 is 43.4 Å². The van der Waals surface area contributed by atoms with Crippen molar-refractivity contribution < 1.29 is 63.6 Å². The Bertz CT molecular complexity index is 1920. The first-order valence-electron chi connectivity index (χ1n) is 21.3. The molecule has 0 radical (unpaired) electrons. The van der Waals surface area contributed by atoms with Gasteiger partial charge < -0.3 is 63.8 Å². The van der Waals surface area contributed by atoms with Gasteiger partial charge in [0.2, 0.25) is 35.4 Å². The van der Waals surface area contributed by atoms with Gasteiger partial charge in [-0.25, -0.2) is 4.79 Å². The molecule has 0 aliphatic carbocycles. The summed E-state index contributed by atoms with van der Waals surface area (Å²) in [4.78, 5) is 113. The molecule has 65 heavy (non-hydrogen) atoms. The van der Waals surface area contributed by atoms with Crippen molar-refractivity contribution >= 4 is 53.4 Å². The average molecular weight is 913 g/mol. The summed E-state index contributed by atoms with van der Waals surface area (Å²) in [5.41, 5.74) is 12.8. The van der Waals surface area contributed by atoms with Crippen LogP contribution in [0.5, 0.6) is 0 Å². The molecule has 9 atom stereocenters. The number of carboxylic acids is 3. The first-order chi connectivity index (χ1) is 30.6. The number of nitrogens with two attached hydrogens (primary N) is 2. The number of carboxylic acid groups (broad SMARTS) is 3. The van der Waals surface area contributed by atoms with E-state index < -0.39 is 120 Å². The van der Waals surface area contributed by atoms with Crippen molar-refractivity contribution in [3.05, 3.63) is 71.8 Å². The molecule has 0 aromatic heterocycles. The van der Waals surface area contributed by atoms with Gasteiger partial charge in [0, 0.05) is 44.2 Å². The fraction of sp³-hybridized carbons (Fsp3) is 0.523. The molecule has 0 spiro atoms. The van der Waals surface area contributed by atoms with E-state index in [0.717, 1.165) is 5.56 Å². The van der Waals surface area contributed by atoms with E-state index in [1.54, 1.807) is 62.4 Å². The first-order valence-corrected chi connectivity index (χ1v) is 21.3. The lowest BCUT2D eigenvalue weighted by atomic mass is 9.93. The predicted octanol–water partition coefficient (Wildman–Crippen LogP) is -1.07. The fourth-order valence-corrected chi connectivity index (χ4v) is 6.63. The van der Waals surface area contributed by atoms with Crippen LogP contribution in [0.1, 0.15) is 77.3 Å². The highest BCUT2D eigenvalue weighted by molar-refractivity contribution is 5.94. The van der Waals surface area contributed by atoms with Crippen LogP contribution >= 0.6 is 0 Å². The molecule has 14 N–H and O–H groups in total. The molecule has 0 aliphatic heterocycles. The number of benzene rings is 2. The van der Waals surface area contributed by atoms with E-state index in [4.69, 9.17) is 16.6 Å². The summed E-state index contributed by atoms with van der Waals surface area (Å²) < 4.78 is 0.